The molecule has 1 atom stereocenters. The van der Waals surface area contributed by atoms with Crippen LogP contribution in [0.5, 0.6) is 5.75 Å². The largest absolute Gasteiger partial charge is 0.497 e. The van der Waals surface area contributed by atoms with Crippen LogP contribution in [0.3, 0.4) is 0 Å². The molecule has 0 aliphatic heterocycles. The maximum absolute atomic E-state index is 12.8. The SMILES string of the molecule is COc1ccc(CNC(=O)C(NS(=O)(=O)c2c(Cl)cccc2Cl)C(C)C)cc1. The summed E-state index contributed by atoms with van der Waals surface area (Å²) in [4.78, 5) is 12.4. The Morgan fingerprint density at radius 1 is 1.07 bits per heavy atom. The summed E-state index contributed by atoms with van der Waals surface area (Å²) in [6.07, 6.45) is 0. The molecule has 0 saturated heterocycles. The van der Waals surface area contributed by atoms with Gasteiger partial charge in [-0.05, 0) is 35.7 Å². The van der Waals surface area contributed by atoms with Gasteiger partial charge in [0.2, 0.25) is 15.9 Å². The molecule has 6 nitrogen and oxygen atoms in total. The topological polar surface area (TPSA) is 84.5 Å². The fourth-order valence-corrected chi connectivity index (χ4v) is 4.99. The van der Waals surface area contributed by atoms with E-state index >= 15 is 0 Å². The maximum Gasteiger partial charge on any atom is 0.244 e. The van der Waals surface area contributed by atoms with Crippen molar-refractivity contribution in [2.75, 3.05) is 7.11 Å². The van der Waals surface area contributed by atoms with Gasteiger partial charge in [0.05, 0.1) is 17.2 Å². The Balaban J connectivity index is 2.14. The van der Waals surface area contributed by atoms with Crippen molar-refractivity contribution in [1.82, 2.24) is 10.0 Å². The molecule has 0 bridgehead atoms. The molecule has 1 amide bonds. The fourth-order valence-electron chi connectivity index (χ4n) is 2.50. The second-order valence-corrected chi connectivity index (χ2v) is 8.92. The van der Waals surface area contributed by atoms with Crippen LogP contribution in [0.1, 0.15) is 19.4 Å². The number of carbonyl (C=O) groups excluding carboxylic acids is 1. The first-order chi connectivity index (χ1) is 13.2. The number of sulfonamides is 1. The molecule has 0 aromatic heterocycles. The zero-order valence-electron chi connectivity index (χ0n) is 15.7. The molecule has 2 aromatic rings. The third-order valence-electron chi connectivity index (χ3n) is 4.04. The molecule has 152 valence electrons. The second kappa shape index (κ2) is 9.60. The number of carbonyl (C=O) groups is 1. The van der Waals surface area contributed by atoms with Crippen LogP contribution < -0.4 is 14.8 Å². The number of benzene rings is 2. The summed E-state index contributed by atoms with van der Waals surface area (Å²) < 4.78 is 33.0. The lowest BCUT2D eigenvalue weighted by atomic mass is 10.0. The van der Waals surface area contributed by atoms with Gasteiger partial charge >= 0.3 is 0 Å². The van der Waals surface area contributed by atoms with E-state index in [1.165, 1.54) is 12.1 Å². The second-order valence-electron chi connectivity index (χ2n) is 6.46. The van der Waals surface area contributed by atoms with Crippen molar-refractivity contribution < 1.29 is 17.9 Å². The first-order valence-electron chi connectivity index (χ1n) is 8.52. The van der Waals surface area contributed by atoms with Gasteiger partial charge in [0.1, 0.15) is 16.7 Å². The molecule has 2 N–H and O–H groups in total. The molecule has 0 aliphatic carbocycles. The van der Waals surface area contributed by atoms with E-state index in [-0.39, 0.29) is 27.4 Å². The van der Waals surface area contributed by atoms with Gasteiger partial charge < -0.3 is 10.1 Å². The Labute approximate surface area is 175 Å². The van der Waals surface area contributed by atoms with Gasteiger partial charge in [-0.1, -0.05) is 55.2 Å². The lowest BCUT2D eigenvalue weighted by Gasteiger charge is -2.22. The summed E-state index contributed by atoms with van der Waals surface area (Å²) in [6.45, 7) is 3.74. The van der Waals surface area contributed by atoms with E-state index < -0.39 is 22.0 Å². The van der Waals surface area contributed by atoms with Crippen LogP contribution in [-0.2, 0) is 21.4 Å². The van der Waals surface area contributed by atoms with Crippen molar-refractivity contribution in [3.8, 4) is 5.75 Å². The van der Waals surface area contributed by atoms with Crippen LogP contribution in [0.15, 0.2) is 47.4 Å². The van der Waals surface area contributed by atoms with Gasteiger partial charge in [0.25, 0.3) is 0 Å². The summed E-state index contributed by atoms with van der Waals surface area (Å²) >= 11 is 12.0. The molecule has 28 heavy (non-hydrogen) atoms. The number of methoxy groups -OCH3 is 1. The highest BCUT2D eigenvalue weighted by molar-refractivity contribution is 7.89. The Bertz CT molecular complexity index is 911. The van der Waals surface area contributed by atoms with E-state index in [9.17, 15) is 13.2 Å². The summed E-state index contributed by atoms with van der Waals surface area (Å²) in [7, 11) is -2.52. The van der Waals surface area contributed by atoms with Crippen molar-refractivity contribution in [2.24, 2.45) is 5.92 Å². The molecule has 0 fully saturated rings. The molecule has 0 aliphatic rings. The summed E-state index contributed by atoms with van der Waals surface area (Å²) in [5, 5.41) is 2.72. The first-order valence-corrected chi connectivity index (χ1v) is 10.8. The van der Waals surface area contributed by atoms with Crippen molar-refractivity contribution in [2.45, 2.75) is 31.3 Å². The molecule has 0 spiro atoms. The third-order valence-corrected chi connectivity index (χ3v) is 6.44. The fraction of sp³-hybridized carbons (Fsp3) is 0.316. The predicted octanol–water partition coefficient (Wildman–Crippen LogP) is 3.62. The molecule has 1 unspecified atom stereocenters. The molecular weight excluding hydrogens is 423 g/mol. The van der Waals surface area contributed by atoms with Crippen molar-refractivity contribution in [3.05, 3.63) is 58.1 Å². The Morgan fingerprint density at radius 2 is 1.64 bits per heavy atom. The molecule has 0 saturated carbocycles. The van der Waals surface area contributed by atoms with Crippen LogP contribution in [0.25, 0.3) is 0 Å². The minimum absolute atomic E-state index is 0.0128. The van der Waals surface area contributed by atoms with Crippen LogP contribution in [0, 0.1) is 5.92 Å². The number of amides is 1. The van der Waals surface area contributed by atoms with E-state index in [0.717, 1.165) is 5.56 Å². The summed E-state index contributed by atoms with van der Waals surface area (Å²) in [5.74, 6) is -0.0380. The number of rotatable bonds is 8. The van der Waals surface area contributed by atoms with Crippen LogP contribution >= 0.6 is 23.2 Å². The monoisotopic (exact) mass is 444 g/mol. The zero-order valence-corrected chi connectivity index (χ0v) is 18.0. The lowest BCUT2D eigenvalue weighted by molar-refractivity contribution is -0.123. The first kappa shape index (κ1) is 22.5. The van der Waals surface area contributed by atoms with Crippen molar-refractivity contribution in [3.63, 3.8) is 0 Å². The van der Waals surface area contributed by atoms with Gasteiger partial charge in [-0.15, -0.1) is 0 Å². The smallest absolute Gasteiger partial charge is 0.244 e. The van der Waals surface area contributed by atoms with Gasteiger partial charge in [0, 0.05) is 6.54 Å². The van der Waals surface area contributed by atoms with Crippen molar-refractivity contribution >= 4 is 39.1 Å². The highest BCUT2D eigenvalue weighted by atomic mass is 35.5. The Kier molecular flexibility index (Phi) is 7.71. The number of nitrogens with one attached hydrogen (secondary N) is 2. The Hall–Kier alpha value is -1.80. The van der Waals surface area contributed by atoms with Gasteiger partial charge in [-0.3, -0.25) is 4.79 Å². The molecule has 9 heteroatoms. The van der Waals surface area contributed by atoms with Crippen LogP contribution in [0.2, 0.25) is 10.0 Å². The highest BCUT2D eigenvalue weighted by Gasteiger charge is 2.30. The molecule has 2 rings (SSSR count). The highest BCUT2D eigenvalue weighted by Crippen LogP contribution is 2.29. The average Bonchev–Trinajstić information content (AvgIpc) is 2.64. The molecule has 0 heterocycles. The maximum atomic E-state index is 12.8. The molecule has 0 radical (unpaired) electrons. The number of hydrogen-bond acceptors (Lipinski definition) is 4. The van der Waals surface area contributed by atoms with Gasteiger partial charge in [-0.2, -0.15) is 4.72 Å². The van der Waals surface area contributed by atoms with E-state index in [4.69, 9.17) is 27.9 Å². The standard InChI is InChI=1S/C19H22Cl2N2O4S/c1-12(2)17(19(24)22-11-13-7-9-14(27-3)10-8-13)23-28(25,26)18-15(20)5-4-6-16(18)21/h4-10,12,17,23H,11H2,1-3H3,(H,22,24). The van der Waals surface area contributed by atoms with Crippen molar-refractivity contribution in [1.29, 1.82) is 0 Å². The van der Waals surface area contributed by atoms with E-state index in [2.05, 4.69) is 10.0 Å². The quantitative estimate of drug-likeness (QED) is 0.650. The van der Waals surface area contributed by atoms with Gasteiger partial charge in [-0.25, -0.2) is 8.42 Å². The summed E-state index contributed by atoms with van der Waals surface area (Å²) in [5.41, 5.74) is 0.855. The van der Waals surface area contributed by atoms with E-state index in [1.807, 2.05) is 12.1 Å². The zero-order chi connectivity index (χ0) is 20.9. The number of halogens is 2. The minimum atomic E-state index is -4.09. The normalized spacial score (nSPS) is 12.6. The van der Waals surface area contributed by atoms with Crippen LogP contribution in [-0.4, -0.2) is 27.5 Å². The lowest BCUT2D eigenvalue weighted by Crippen LogP contribution is -2.49. The van der Waals surface area contributed by atoms with E-state index in [0.29, 0.717) is 5.75 Å². The van der Waals surface area contributed by atoms with Crippen LogP contribution in [0.4, 0.5) is 0 Å². The average molecular weight is 445 g/mol. The number of ether oxygens (including phenoxy) is 1. The minimum Gasteiger partial charge on any atom is -0.497 e. The third kappa shape index (κ3) is 5.61. The molecule has 2 aromatic carbocycles. The summed E-state index contributed by atoms with van der Waals surface area (Å²) in [6, 6.07) is 10.6. The Morgan fingerprint density at radius 3 is 2.14 bits per heavy atom. The predicted molar refractivity (Wildman–Crippen MR) is 110 cm³/mol. The van der Waals surface area contributed by atoms with E-state index in [1.54, 1.807) is 39.2 Å². The number of hydrogen-bond donors (Lipinski definition) is 2. The van der Waals surface area contributed by atoms with Gasteiger partial charge in [0.15, 0.2) is 0 Å². The molecular formula is C19H22Cl2N2O4S.